The van der Waals surface area contributed by atoms with Gasteiger partial charge in [-0.05, 0) is 44.6 Å². The Morgan fingerprint density at radius 1 is 1.29 bits per heavy atom. The highest BCUT2D eigenvalue weighted by Gasteiger charge is 2.03. The Morgan fingerprint density at radius 2 is 2.10 bits per heavy atom. The van der Waals surface area contributed by atoms with Crippen molar-refractivity contribution in [3.05, 3.63) is 29.8 Å². The lowest BCUT2D eigenvalue weighted by atomic mass is 10.2. The highest BCUT2D eigenvalue weighted by atomic mass is 16.5. The largest absolute Gasteiger partial charge is 0.494 e. The Balaban J connectivity index is 1.70. The third kappa shape index (κ3) is 6.04. The first-order chi connectivity index (χ1) is 10.2. The van der Waals surface area contributed by atoms with E-state index in [9.17, 15) is 0 Å². The van der Waals surface area contributed by atoms with Crippen molar-refractivity contribution in [1.82, 2.24) is 15.5 Å². The molecule has 5 heteroatoms. The quantitative estimate of drug-likeness (QED) is 0.746. The Labute approximate surface area is 127 Å². The van der Waals surface area contributed by atoms with Gasteiger partial charge in [0.25, 0.3) is 0 Å². The molecule has 0 aliphatic carbocycles. The van der Waals surface area contributed by atoms with Gasteiger partial charge in [-0.15, -0.1) is 0 Å². The third-order valence-electron chi connectivity index (χ3n) is 3.30. The van der Waals surface area contributed by atoms with E-state index in [-0.39, 0.29) is 0 Å². The van der Waals surface area contributed by atoms with Crippen molar-refractivity contribution in [2.75, 3.05) is 40.3 Å². The van der Waals surface area contributed by atoms with Gasteiger partial charge in [0.2, 0.25) is 0 Å². The average Bonchev–Trinajstić information content (AvgIpc) is 2.51. The number of aliphatic imine (C=N–C) groups is 1. The van der Waals surface area contributed by atoms with Gasteiger partial charge in [0, 0.05) is 26.2 Å². The average molecular weight is 290 g/mol. The van der Waals surface area contributed by atoms with E-state index in [1.54, 1.807) is 0 Å². The summed E-state index contributed by atoms with van der Waals surface area (Å²) in [6.07, 6.45) is 2.16. The summed E-state index contributed by atoms with van der Waals surface area (Å²) in [6.45, 7) is 4.51. The van der Waals surface area contributed by atoms with Crippen LogP contribution in [0.2, 0.25) is 0 Å². The van der Waals surface area contributed by atoms with Crippen LogP contribution >= 0.6 is 0 Å². The highest BCUT2D eigenvalue weighted by Crippen LogP contribution is 2.12. The normalized spacial score (nSPS) is 14.5. The smallest absolute Gasteiger partial charge is 0.191 e. The van der Waals surface area contributed by atoms with Crippen molar-refractivity contribution in [2.45, 2.75) is 19.4 Å². The van der Waals surface area contributed by atoms with E-state index in [4.69, 9.17) is 4.74 Å². The van der Waals surface area contributed by atoms with Crippen LogP contribution in [-0.2, 0) is 6.54 Å². The summed E-state index contributed by atoms with van der Waals surface area (Å²) in [5.74, 6) is 1.84. The molecule has 1 aliphatic heterocycles. The van der Waals surface area contributed by atoms with Gasteiger partial charge >= 0.3 is 0 Å². The van der Waals surface area contributed by atoms with Crippen LogP contribution in [0.5, 0.6) is 5.75 Å². The maximum absolute atomic E-state index is 5.72. The van der Waals surface area contributed by atoms with Crippen molar-refractivity contribution in [1.29, 1.82) is 0 Å². The minimum absolute atomic E-state index is 0.760. The number of hydrogen-bond acceptors (Lipinski definition) is 5. The Morgan fingerprint density at radius 3 is 2.76 bits per heavy atom. The fraction of sp³-hybridized carbons (Fsp3) is 0.562. The van der Waals surface area contributed by atoms with E-state index in [1.807, 2.05) is 12.1 Å². The van der Waals surface area contributed by atoms with Gasteiger partial charge in [-0.2, -0.15) is 0 Å². The first kappa shape index (κ1) is 15.6. The monoisotopic (exact) mass is 290 g/mol. The lowest BCUT2D eigenvalue weighted by molar-refractivity contribution is 0.281. The van der Waals surface area contributed by atoms with Gasteiger partial charge in [-0.3, -0.25) is 4.99 Å². The predicted molar refractivity (Wildman–Crippen MR) is 86.9 cm³/mol. The summed E-state index contributed by atoms with van der Waals surface area (Å²) >= 11 is 0. The van der Waals surface area contributed by atoms with Crippen LogP contribution in [0.4, 0.5) is 0 Å². The first-order valence-electron chi connectivity index (χ1n) is 7.63. The summed E-state index contributed by atoms with van der Waals surface area (Å²) in [6, 6.07) is 8.25. The van der Waals surface area contributed by atoms with E-state index in [0.29, 0.717) is 0 Å². The molecule has 21 heavy (non-hydrogen) atoms. The van der Waals surface area contributed by atoms with Gasteiger partial charge in [0.05, 0.1) is 6.61 Å². The van der Waals surface area contributed by atoms with Gasteiger partial charge in [-0.25, -0.2) is 0 Å². The second kappa shape index (κ2) is 8.52. The van der Waals surface area contributed by atoms with E-state index >= 15 is 0 Å². The van der Waals surface area contributed by atoms with Crippen LogP contribution in [-0.4, -0.2) is 51.2 Å². The minimum Gasteiger partial charge on any atom is -0.494 e. The van der Waals surface area contributed by atoms with Crippen LogP contribution in [0, 0.1) is 0 Å². The molecule has 1 aliphatic rings. The maximum Gasteiger partial charge on any atom is 0.191 e. The summed E-state index contributed by atoms with van der Waals surface area (Å²) in [5.41, 5.74) is 1.23. The van der Waals surface area contributed by atoms with Gasteiger partial charge in [-0.1, -0.05) is 12.1 Å². The SMILES string of the molecule is CN(C)CCCOc1ccc(CNC2=NCCCN2)cc1. The number of nitrogens with one attached hydrogen (secondary N) is 2. The standard InChI is InChI=1S/C16H26N4O/c1-20(2)11-4-12-21-15-7-5-14(6-8-15)13-19-16-17-9-3-10-18-16/h5-8H,3-4,9-13H2,1-2H3,(H2,17,18,19). The number of guanidine groups is 1. The maximum atomic E-state index is 5.72. The van der Waals surface area contributed by atoms with E-state index in [1.165, 1.54) is 5.56 Å². The molecule has 0 aromatic heterocycles. The van der Waals surface area contributed by atoms with Crippen molar-refractivity contribution in [2.24, 2.45) is 4.99 Å². The Bertz CT molecular complexity index is 442. The number of hydrogen-bond donors (Lipinski definition) is 2. The van der Waals surface area contributed by atoms with Gasteiger partial charge in [0.1, 0.15) is 5.75 Å². The summed E-state index contributed by atoms with van der Waals surface area (Å²) in [5, 5.41) is 6.57. The molecule has 0 spiro atoms. The molecular formula is C16H26N4O. The number of rotatable bonds is 7. The van der Waals surface area contributed by atoms with E-state index in [2.05, 4.69) is 46.8 Å². The van der Waals surface area contributed by atoms with Crippen molar-refractivity contribution >= 4 is 5.96 Å². The summed E-state index contributed by atoms with van der Waals surface area (Å²) < 4.78 is 5.72. The first-order valence-corrected chi connectivity index (χ1v) is 7.63. The van der Waals surface area contributed by atoms with E-state index in [0.717, 1.165) is 57.3 Å². The molecule has 1 aromatic rings. The van der Waals surface area contributed by atoms with Crippen LogP contribution in [0.1, 0.15) is 18.4 Å². The van der Waals surface area contributed by atoms with Crippen LogP contribution < -0.4 is 15.4 Å². The van der Waals surface area contributed by atoms with Gasteiger partial charge < -0.3 is 20.3 Å². The van der Waals surface area contributed by atoms with Crippen molar-refractivity contribution in [3.63, 3.8) is 0 Å². The number of ether oxygens (including phenoxy) is 1. The molecule has 1 heterocycles. The molecule has 0 atom stereocenters. The fourth-order valence-electron chi connectivity index (χ4n) is 2.11. The molecular weight excluding hydrogens is 264 g/mol. The lowest BCUT2D eigenvalue weighted by Gasteiger charge is -2.16. The minimum atomic E-state index is 0.760. The lowest BCUT2D eigenvalue weighted by Crippen LogP contribution is -2.40. The van der Waals surface area contributed by atoms with Crippen LogP contribution in [0.15, 0.2) is 29.3 Å². The molecule has 5 nitrogen and oxygen atoms in total. The highest BCUT2D eigenvalue weighted by molar-refractivity contribution is 5.80. The zero-order valence-corrected chi connectivity index (χ0v) is 13.1. The molecule has 116 valence electrons. The molecule has 0 unspecified atom stereocenters. The molecule has 0 bridgehead atoms. The molecule has 0 saturated heterocycles. The van der Waals surface area contributed by atoms with Crippen LogP contribution in [0.25, 0.3) is 0 Å². The molecule has 0 radical (unpaired) electrons. The number of benzene rings is 1. The molecule has 0 amide bonds. The summed E-state index contributed by atoms with van der Waals surface area (Å²) in [7, 11) is 4.15. The van der Waals surface area contributed by atoms with Crippen molar-refractivity contribution < 1.29 is 4.74 Å². The van der Waals surface area contributed by atoms with Crippen LogP contribution in [0.3, 0.4) is 0 Å². The van der Waals surface area contributed by atoms with Crippen molar-refractivity contribution in [3.8, 4) is 5.75 Å². The third-order valence-corrected chi connectivity index (χ3v) is 3.30. The molecule has 1 aromatic carbocycles. The fourth-order valence-corrected chi connectivity index (χ4v) is 2.11. The second-order valence-corrected chi connectivity index (χ2v) is 5.51. The topological polar surface area (TPSA) is 48.9 Å². The number of nitrogens with zero attached hydrogens (tertiary/aromatic N) is 2. The second-order valence-electron chi connectivity index (χ2n) is 5.51. The molecule has 2 rings (SSSR count). The molecule has 0 fully saturated rings. The predicted octanol–water partition coefficient (Wildman–Crippen LogP) is 1.46. The molecule has 0 saturated carbocycles. The Hall–Kier alpha value is -1.75. The van der Waals surface area contributed by atoms with E-state index < -0.39 is 0 Å². The Kier molecular flexibility index (Phi) is 6.34. The zero-order valence-electron chi connectivity index (χ0n) is 13.1. The van der Waals surface area contributed by atoms with Gasteiger partial charge in [0.15, 0.2) is 5.96 Å². The zero-order chi connectivity index (χ0) is 14.9. The summed E-state index contributed by atoms with van der Waals surface area (Å²) in [4.78, 5) is 6.56. The molecule has 2 N–H and O–H groups in total.